The molecule has 0 unspecified atom stereocenters. The van der Waals surface area contributed by atoms with Crippen molar-refractivity contribution in [2.24, 2.45) is 0 Å². The van der Waals surface area contributed by atoms with Crippen LogP contribution in [0.25, 0.3) is 0 Å². The standard InChI is InChI=1S/C12H10F3N3O3S/c1-7-17-18-11(20-7)22-6-10(19)16-8-2-4-9(5-3-8)21-12(13,14)15/h2-5H,6H2,1H3,(H,16,19). The number of carbonyl (C=O) groups is 1. The van der Waals surface area contributed by atoms with Crippen LogP contribution in [0.2, 0.25) is 0 Å². The Morgan fingerprint density at radius 3 is 2.55 bits per heavy atom. The predicted octanol–water partition coefficient (Wildman–Crippen LogP) is 3.01. The van der Waals surface area contributed by atoms with E-state index in [1.807, 2.05) is 0 Å². The third-order valence-electron chi connectivity index (χ3n) is 2.21. The Morgan fingerprint density at radius 1 is 1.32 bits per heavy atom. The van der Waals surface area contributed by atoms with E-state index in [-0.39, 0.29) is 22.6 Å². The Balaban J connectivity index is 1.83. The number of aryl methyl sites for hydroxylation is 1. The number of nitrogens with zero attached hydrogens (tertiary/aromatic N) is 2. The summed E-state index contributed by atoms with van der Waals surface area (Å²) < 4.78 is 44.8. The van der Waals surface area contributed by atoms with E-state index in [0.717, 1.165) is 23.9 Å². The van der Waals surface area contributed by atoms with E-state index in [0.29, 0.717) is 11.6 Å². The molecule has 1 amide bonds. The molecule has 0 saturated carbocycles. The molecule has 0 atom stereocenters. The predicted molar refractivity (Wildman–Crippen MR) is 71.5 cm³/mol. The second kappa shape index (κ2) is 6.69. The van der Waals surface area contributed by atoms with Gasteiger partial charge in [-0.15, -0.1) is 23.4 Å². The summed E-state index contributed by atoms with van der Waals surface area (Å²) in [5.41, 5.74) is 0.349. The van der Waals surface area contributed by atoms with Gasteiger partial charge in [0.1, 0.15) is 5.75 Å². The summed E-state index contributed by atoms with van der Waals surface area (Å²) in [4.78, 5) is 11.7. The number of rotatable bonds is 5. The van der Waals surface area contributed by atoms with Crippen LogP contribution >= 0.6 is 11.8 Å². The number of nitrogens with one attached hydrogen (secondary N) is 1. The van der Waals surface area contributed by atoms with E-state index in [9.17, 15) is 18.0 Å². The molecule has 0 aliphatic carbocycles. The summed E-state index contributed by atoms with van der Waals surface area (Å²) in [6, 6.07) is 4.83. The van der Waals surface area contributed by atoms with E-state index in [1.165, 1.54) is 12.1 Å². The topological polar surface area (TPSA) is 77.2 Å². The molecular formula is C12H10F3N3O3S. The Morgan fingerprint density at radius 2 is 2.00 bits per heavy atom. The summed E-state index contributed by atoms with van der Waals surface area (Å²) in [6.45, 7) is 1.63. The molecule has 1 heterocycles. The van der Waals surface area contributed by atoms with Crippen LogP contribution in [0.1, 0.15) is 5.89 Å². The minimum Gasteiger partial charge on any atom is -0.416 e. The highest BCUT2D eigenvalue weighted by Crippen LogP contribution is 2.24. The van der Waals surface area contributed by atoms with Crippen LogP contribution < -0.4 is 10.1 Å². The molecular weight excluding hydrogens is 323 g/mol. The minimum atomic E-state index is -4.75. The molecule has 10 heteroatoms. The van der Waals surface area contributed by atoms with Gasteiger partial charge < -0.3 is 14.5 Å². The van der Waals surface area contributed by atoms with Crippen molar-refractivity contribution < 1.29 is 27.1 Å². The maximum Gasteiger partial charge on any atom is 0.573 e. The highest BCUT2D eigenvalue weighted by Gasteiger charge is 2.30. The molecule has 0 fully saturated rings. The van der Waals surface area contributed by atoms with Crippen LogP contribution in [-0.4, -0.2) is 28.2 Å². The number of amides is 1. The number of halogens is 3. The fraction of sp³-hybridized carbons (Fsp3) is 0.250. The minimum absolute atomic E-state index is 0.0302. The van der Waals surface area contributed by atoms with Crippen LogP contribution in [0.15, 0.2) is 33.9 Å². The second-order valence-electron chi connectivity index (χ2n) is 4.00. The molecule has 0 aliphatic rings. The maximum absolute atomic E-state index is 12.0. The van der Waals surface area contributed by atoms with Gasteiger partial charge in [0.15, 0.2) is 0 Å². The van der Waals surface area contributed by atoms with Crippen LogP contribution in [-0.2, 0) is 4.79 Å². The van der Waals surface area contributed by atoms with E-state index in [1.54, 1.807) is 6.92 Å². The number of alkyl halides is 3. The van der Waals surface area contributed by atoms with Gasteiger partial charge in [0.25, 0.3) is 5.22 Å². The van der Waals surface area contributed by atoms with Crippen LogP contribution in [0.5, 0.6) is 5.75 Å². The quantitative estimate of drug-likeness (QED) is 0.848. The van der Waals surface area contributed by atoms with Crippen molar-refractivity contribution in [3.63, 3.8) is 0 Å². The zero-order chi connectivity index (χ0) is 16.2. The lowest BCUT2D eigenvalue weighted by Crippen LogP contribution is -2.17. The van der Waals surface area contributed by atoms with Gasteiger partial charge in [-0.05, 0) is 24.3 Å². The third kappa shape index (κ3) is 5.28. The van der Waals surface area contributed by atoms with Gasteiger partial charge in [-0.1, -0.05) is 11.8 Å². The van der Waals surface area contributed by atoms with Crippen LogP contribution in [0.4, 0.5) is 18.9 Å². The molecule has 2 aromatic rings. The fourth-order valence-electron chi connectivity index (χ4n) is 1.40. The van der Waals surface area contributed by atoms with Crippen molar-refractivity contribution in [1.82, 2.24) is 10.2 Å². The summed E-state index contributed by atoms with van der Waals surface area (Å²) >= 11 is 1.05. The molecule has 2 rings (SSSR count). The smallest absolute Gasteiger partial charge is 0.416 e. The van der Waals surface area contributed by atoms with Gasteiger partial charge in [0.2, 0.25) is 11.8 Å². The Hall–Kier alpha value is -2.23. The van der Waals surface area contributed by atoms with Gasteiger partial charge in [-0.3, -0.25) is 4.79 Å². The van der Waals surface area contributed by atoms with Gasteiger partial charge in [-0.25, -0.2) is 0 Å². The molecule has 0 saturated heterocycles. The van der Waals surface area contributed by atoms with Gasteiger partial charge in [-0.2, -0.15) is 0 Å². The Bertz CT molecular complexity index is 643. The normalized spacial score (nSPS) is 11.3. The second-order valence-corrected chi connectivity index (χ2v) is 4.92. The summed E-state index contributed by atoms with van der Waals surface area (Å²) in [5, 5.41) is 10.1. The van der Waals surface area contributed by atoms with Gasteiger partial charge in [0, 0.05) is 12.6 Å². The maximum atomic E-state index is 12.0. The molecule has 1 aromatic carbocycles. The van der Waals surface area contributed by atoms with E-state index in [4.69, 9.17) is 4.42 Å². The Kier molecular flexibility index (Phi) is 4.91. The van der Waals surface area contributed by atoms with E-state index < -0.39 is 6.36 Å². The molecule has 0 spiro atoms. The molecule has 6 nitrogen and oxygen atoms in total. The molecule has 118 valence electrons. The Labute approximate surface area is 127 Å². The highest BCUT2D eigenvalue weighted by molar-refractivity contribution is 7.99. The van der Waals surface area contributed by atoms with E-state index in [2.05, 4.69) is 20.3 Å². The lowest BCUT2D eigenvalue weighted by atomic mass is 10.3. The van der Waals surface area contributed by atoms with Crippen LogP contribution in [0.3, 0.4) is 0 Å². The first kappa shape index (κ1) is 16.1. The largest absolute Gasteiger partial charge is 0.573 e. The van der Waals surface area contributed by atoms with Crippen molar-refractivity contribution in [3.8, 4) is 5.75 Å². The summed E-state index contributed by atoms with van der Waals surface area (Å²) in [7, 11) is 0. The summed E-state index contributed by atoms with van der Waals surface area (Å²) in [6.07, 6.45) is -4.75. The molecule has 1 aromatic heterocycles. The lowest BCUT2D eigenvalue weighted by molar-refractivity contribution is -0.274. The number of carbonyl (C=O) groups excluding carboxylic acids is 1. The lowest BCUT2D eigenvalue weighted by Gasteiger charge is -2.09. The zero-order valence-corrected chi connectivity index (χ0v) is 12.0. The summed E-state index contributed by atoms with van der Waals surface area (Å²) in [5.74, 6) is -0.294. The first-order chi connectivity index (χ1) is 10.3. The SMILES string of the molecule is Cc1nnc(SCC(=O)Nc2ccc(OC(F)(F)F)cc2)o1. The number of thioether (sulfide) groups is 1. The number of benzene rings is 1. The molecule has 0 bridgehead atoms. The number of hydrogen-bond donors (Lipinski definition) is 1. The average molecular weight is 333 g/mol. The highest BCUT2D eigenvalue weighted by atomic mass is 32.2. The molecule has 0 radical (unpaired) electrons. The average Bonchev–Trinajstić information content (AvgIpc) is 2.83. The van der Waals surface area contributed by atoms with E-state index >= 15 is 0 Å². The zero-order valence-electron chi connectivity index (χ0n) is 11.2. The van der Waals surface area contributed by atoms with Crippen LogP contribution in [0, 0.1) is 6.92 Å². The number of hydrogen-bond acceptors (Lipinski definition) is 6. The fourth-order valence-corrected chi connectivity index (χ4v) is 2.01. The number of anilines is 1. The van der Waals surface area contributed by atoms with Gasteiger partial charge in [0.05, 0.1) is 5.75 Å². The first-order valence-corrected chi connectivity index (χ1v) is 6.89. The van der Waals surface area contributed by atoms with Gasteiger partial charge >= 0.3 is 6.36 Å². The molecule has 1 N–H and O–H groups in total. The monoisotopic (exact) mass is 333 g/mol. The van der Waals surface area contributed by atoms with Crippen molar-refractivity contribution in [3.05, 3.63) is 30.2 Å². The first-order valence-electron chi connectivity index (χ1n) is 5.90. The number of aromatic nitrogens is 2. The van der Waals surface area contributed by atoms with Crippen molar-refractivity contribution in [2.75, 3.05) is 11.1 Å². The van der Waals surface area contributed by atoms with Crippen molar-refractivity contribution in [1.29, 1.82) is 0 Å². The third-order valence-corrected chi connectivity index (χ3v) is 3.02. The van der Waals surface area contributed by atoms with Crippen molar-refractivity contribution in [2.45, 2.75) is 18.5 Å². The molecule has 0 aliphatic heterocycles. The molecule has 22 heavy (non-hydrogen) atoms. The number of ether oxygens (including phenoxy) is 1. The van der Waals surface area contributed by atoms with Crippen molar-refractivity contribution >= 4 is 23.4 Å².